The molecule has 0 bridgehead atoms. The smallest absolute Gasteiger partial charge is 0.0727 e. The summed E-state index contributed by atoms with van der Waals surface area (Å²) in [5, 5.41) is 0. The number of nitrogens with zero attached hydrogens (tertiary/aromatic N) is 2. The van der Waals surface area contributed by atoms with Gasteiger partial charge in [-0.15, -0.1) is 0 Å². The molecule has 55 heavy (non-hydrogen) atoms. The lowest BCUT2D eigenvalue weighted by Gasteiger charge is -2.32. The van der Waals surface area contributed by atoms with E-state index in [0.717, 1.165) is 22.7 Å². The molecule has 0 unspecified atom stereocenters. The molecule has 0 amide bonds. The van der Waals surface area contributed by atoms with Crippen molar-refractivity contribution in [1.82, 2.24) is 0 Å². The molecule has 0 heterocycles. The Balaban J connectivity index is 1.28. The second-order valence-electron chi connectivity index (χ2n) is 15.3. The van der Waals surface area contributed by atoms with Crippen molar-refractivity contribution >= 4 is 34.1 Å². The summed E-state index contributed by atoms with van der Waals surface area (Å²) < 4.78 is 0. The molecule has 1 spiro atoms. The first-order valence-electron chi connectivity index (χ1n) is 19.3. The number of hydrogen-bond acceptors (Lipinski definition) is 2. The van der Waals surface area contributed by atoms with Crippen LogP contribution < -0.4 is 9.80 Å². The molecular formula is C53H42N2. The first-order valence-corrected chi connectivity index (χ1v) is 19.3. The summed E-state index contributed by atoms with van der Waals surface area (Å²) in [5.74, 6) is 0. The number of benzene rings is 8. The van der Waals surface area contributed by atoms with Gasteiger partial charge in [-0.25, -0.2) is 0 Å². The number of anilines is 6. The van der Waals surface area contributed by atoms with Crippen LogP contribution in [0.2, 0.25) is 0 Å². The van der Waals surface area contributed by atoms with Crippen molar-refractivity contribution in [3.63, 3.8) is 0 Å². The second kappa shape index (κ2) is 12.7. The molecule has 8 aromatic carbocycles. The molecule has 2 aliphatic rings. The van der Waals surface area contributed by atoms with Crippen LogP contribution in [0.15, 0.2) is 182 Å². The van der Waals surface area contributed by atoms with Crippen LogP contribution in [-0.2, 0) is 5.41 Å². The summed E-state index contributed by atoms with van der Waals surface area (Å²) in [5.41, 5.74) is 21.8. The van der Waals surface area contributed by atoms with E-state index in [0.29, 0.717) is 0 Å². The highest BCUT2D eigenvalue weighted by molar-refractivity contribution is 6.04. The molecule has 0 radical (unpaired) electrons. The lowest BCUT2D eigenvalue weighted by Crippen LogP contribution is -2.26. The standard InChI is InChI=1S/C53H42N2/c1-35-19-27-39(28-20-35)54(40-29-21-36(2)22-30-40)49-17-9-15-47-51(49)43-11-5-7-13-45(43)53(47)46-14-8-6-12-44(46)52-48(53)16-10-18-50(52)55(41-31-23-37(3)24-32-41)42-33-25-38(4)26-34-42/h5-34H,1-4H3. The highest BCUT2D eigenvalue weighted by Gasteiger charge is 2.53. The van der Waals surface area contributed by atoms with Crippen LogP contribution in [0.3, 0.4) is 0 Å². The number of rotatable bonds is 6. The van der Waals surface area contributed by atoms with Gasteiger partial charge in [-0.05, 0) is 122 Å². The highest BCUT2D eigenvalue weighted by Crippen LogP contribution is 2.66. The summed E-state index contributed by atoms with van der Waals surface area (Å²) in [6, 6.07) is 67.9. The second-order valence-corrected chi connectivity index (χ2v) is 15.3. The van der Waals surface area contributed by atoms with E-state index in [4.69, 9.17) is 0 Å². The van der Waals surface area contributed by atoms with E-state index in [-0.39, 0.29) is 0 Å². The average molecular weight is 707 g/mol. The Labute approximate surface area is 324 Å². The fraction of sp³-hybridized carbons (Fsp3) is 0.0943. The van der Waals surface area contributed by atoms with Gasteiger partial charge in [0.1, 0.15) is 0 Å². The average Bonchev–Trinajstić information content (AvgIpc) is 3.69. The molecule has 0 saturated carbocycles. The van der Waals surface area contributed by atoms with Crippen LogP contribution >= 0.6 is 0 Å². The van der Waals surface area contributed by atoms with Crippen LogP contribution in [-0.4, -0.2) is 0 Å². The Hall–Kier alpha value is -6.64. The third kappa shape index (κ3) is 5.02. The van der Waals surface area contributed by atoms with Gasteiger partial charge in [-0.2, -0.15) is 0 Å². The van der Waals surface area contributed by atoms with Crippen molar-refractivity contribution in [3.8, 4) is 22.3 Å². The van der Waals surface area contributed by atoms with Gasteiger partial charge < -0.3 is 9.80 Å². The summed E-state index contributed by atoms with van der Waals surface area (Å²) in [6.45, 7) is 8.62. The molecule has 0 saturated heterocycles. The van der Waals surface area contributed by atoms with Crippen molar-refractivity contribution < 1.29 is 0 Å². The zero-order valence-corrected chi connectivity index (χ0v) is 31.7. The van der Waals surface area contributed by atoms with E-state index in [1.54, 1.807) is 0 Å². The first kappa shape index (κ1) is 33.0. The van der Waals surface area contributed by atoms with E-state index in [2.05, 4.69) is 219 Å². The van der Waals surface area contributed by atoms with E-state index in [1.165, 1.54) is 78.1 Å². The first-order chi connectivity index (χ1) is 26.9. The van der Waals surface area contributed by atoms with Crippen LogP contribution in [0.5, 0.6) is 0 Å². The van der Waals surface area contributed by atoms with Gasteiger partial charge in [0.15, 0.2) is 0 Å². The van der Waals surface area contributed by atoms with Crippen LogP contribution in [0.25, 0.3) is 22.3 Å². The monoisotopic (exact) mass is 706 g/mol. The van der Waals surface area contributed by atoms with Gasteiger partial charge in [0.2, 0.25) is 0 Å². The van der Waals surface area contributed by atoms with Gasteiger partial charge in [-0.3, -0.25) is 0 Å². The number of fused-ring (bicyclic) bond motifs is 10. The fourth-order valence-corrected chi connectivity index (χ4v) is 9.20. The molecule has 264 valence electrons. The van der Waals surface area contributed by atoms with Crippen LogP contribution in [0.4, 0.5) is 34.1 Å². The minimum absolute atomic E-state index is 0.512. The Kier molecular flexibility index (Phi) is 7.64. The molecule has 2 nitrogen and oxygen atoms in total. The van der Waals surface area contributed by atoms with E-state index >= 15 is 0 Å². The molecule has 2 aliphatic carbocycles. The predicted octanol–water partition coefficient (Wildman–Crippen LogP) is 14.2. The lowest BCUT2D eigenvalue weighted by molar-refractivity contribution is 0.793. The molecule has 0 N–H and O–H groups in total. The Bertz CT molecular complexity index is 2440. The summed E-state index contributed by atoms with van der Waals surface area (Å²) in [6.07, 6.45) is 0. The molecule has 2 heteroatoms. The fourth-order valence-electron chi connectivity index (χ4n) is 9.20. The molecule has 0 fully saturated rings. The number of hydrogen-bond donors (Lipinski definition) is 0. The summed E-state index contributed by atoms with van der Waals surface area (Å²) >= 11 is 0. The summed E-state index contributed by atoms with van der Waals surface area (Å²) in [4.78, 5) is 4.89. The van der Waals surface area contributed by atoms with E-state index in [9.17, 15) is 0 Å². The summed E-state index contributed by atoms with van der Waals surface area (Å²) in [7, 11) is 0. The predicted molar refractivity (Wildman–Crippen MR) is 231 cm³/mol. The van der Waals surface area contributed by atoms with Crippen molar-refractivity contribution in [2.45, 2.75) is 33.1 Å². The van der Waals surface area contributed by atoms with Gasteiger partial charge in [0.05, 0.1) is 16.8 Å². The number of aryl methyl sites for hydroxylation is 4. The molecule has 0 aromatic heterocycles. The van der Waals surface area contributed by atoms with E-state index in [1.807, 2.05) is 0 Å². The normalized spacial score (nSPS) is 12.9. The zero-order chi connectivity index (χ0) is 37.3. The molecule has 0 atom stereocenters. The largest absolute Gasteiger partial charge is 0.310 e. The Morgan fingerprint density at radius 1 is 0.291 bits per heavy atom. The Morgan fingerprint density at radius 3 is 0.909 bits per heavy atom. The highest BCUT2D eigenvalue weighted by atomic mass is 15.2. The third-order valence-electron chi connectivity index (χ3n) is 11.7. The van der Waals surface area contributed by atoms with Gasteiger partial charge in [0.25, 0.3) is 0 Å². The van der Waals surface area contributed by atoms with Crippen molar-refractivity contribution in [3.05, 3.63) is 226 Å². The molecule has 10 rings (SSSR count). The molecular weight excluding hydrogens is 665 g/mol. The maximum atomic E-state index is 2.45. The maximum Gasteiger partial charge on any atom is 0.0727 e. The SMILES string of the molecule is Cc1ccc(N(c2ccc(C)cc2)c2cccc3c2-c2ccccc2C32c3ccccc3-c3c(N(c4ccc(C)cc4)c4ccc(C)cc4)cccc32)cc1. The maximum absolute atomic E-state index is 2.45. The lowest BCUT2D eigenvalue weighted by atomic mass is 9.70. The zero-order valence-electron chi connectivity index (χ0n) is 31.7. The van der Waals surface area contributed by atoms with E-state index < -0.39 is 5.41 Å². The Morgan fingerprint density at radius 2 is 0.582 bits per heavy atom. The molecule has 0 aliphatic heterocycles. The van der Waals surface area contributed by atoms with Gasteiger partial charge in [-0.1, -0.05) is 144 Å². The molecule has 8 aromatic rings. The topological polar surface area (TPSA) is 6.48 Å². The third-order valence-corrected chi connectivity index (χ3v) is 11.7. The minimum Gasteiger partial charge on any atom is -0.310 e. The van der Waals surface area contributed by atoms with Crippen molar-refractivity contribution in [1.29, 1.82) is 0 Å². The van der Waals surface area contributed by atoms with Gasteiger partial charge >= 0.3 is 0 Å². The van der Waals surface area contributed by atoms with Gasteiger partial charge in [0, 0.05) is 33.9 Å². The van der Waals surface area contributed by atoms with Crippen LogP contribution in [0.1, 0.15) is 44.5 Å². The van der Waals surface area contributed by atoms with Crippen LogP contribution in [0, 0.1) is 27.7 Å². The quantitative estimate of drug-likeness (QED) is 0.170. The van der Waals surface area contributed by atoms with Crippen molar-refractivity contribution in [2.75, 3.05) is 9.80 Å². The minimum atomic E-state index is -0.512. The van der Waals surface area contributed by atoms with Crippen molar-refractivity contribution in [2.24, 2.45) is 0 Å².